The van der Waals surface area contributed by atoms with E-state index in [9.17, 15) is 4.79 Å². The maximum Gasteiger partial charge on any atom is 0.318 e. The summed E-state index contributed by atoms with van der Waals surface area (Å²) in [6, 6.07) is 0.296. The molecule has 2 N–H and O–H groups in total. The summed E-state index contributed by atoms with van der Waals surface area (Å²) < 4.78 is 0. The quantitative estimate of drug-likeness (QED) is 0.708. The summed E-state index contributed by atoms with van der Waals surface area (Å²) in [6.45, 7) is 6.33. The zero-order valence-corrected chi connectivity index (χ0v) is 14.9. The van der Waals surface area contributed by atoms with Gasteiger partial charge in [0, 0.05) is 12.2 Å². The highest BCUT2D eigenvalue weighted by Gasteiger charge is 2.12. The van der Waals surface area contributed by atoms with E-state index >= 15 is 0 Å². The average molecular weight is 309 g/mol. The second-order valence-electron chi connectivity index (χ2n) is 7.12. The average Bonchev–Trinajstić information content (AvgIpc) is 2.47. The highest BCUT2D eigenvalue weighted by molar-refractivity contribution is 5.75. The second kappa shape index (κ2) is 11.6. The summed E-state index contributed by atoms with van der Waals surface area (Å²) in [7, 11) is 0. The van der Waals surface area contributed by atoms with Crippen LogP contribution in [-0.2, 0) is 0 Å². The van der Waals surface area contributed by atoms with E-state index in [0.29, 0.717) is 12.0 Å². The largest absolute Gasteiger partial charge is 0.335 e. The third-order valence-electron chi connectivity index (χ3n) is 4.78. The first kappa shape index (κ1) is 19.1. The lowest BCUT2D eigenvalue weighted by molar-refractivity contribution is 0.237. The molecule has 0 bridgehead atoms. The standard InChI is InChI=1S/C19H36N2O/c1-16(2)17(3)15-20-19(22)21-18-13-11-9-7-5-4-6-8-10-12-14-18/h15-16,18H,4-14H2,1-3H3,(H2,20,21,22)/b17-15+. The van der Waals surface area contributed by atoms with Crippen LogP contribution in [0.4, 0.5) is 4.79 Å². The normalized spacial score (nSPS) is 20.1. The summed E-state index contributed by atoms with van der Waals surface area (Å²) in [4.78, 5) is 12.0. The Bertz CT molecular complexity index is 324. The topological polar surface area (TPSA) is 41.1 Å². The first-order valence-corrected chi connectivity index (χ1v) is 9.33. The van der Waals surface area contributed by atoms with Gasteiger partial charge in [-0.25, -0.2) is 4.79 Å². The number of amides is 2. The molecule has 2 amide bonds. The van der Waals surface area contributed by atoms with Crippen molar-refractivity contribution >= 4 is 6.03 Å². The fourth-order valence-electron chi connectivity index (χ4n) is 2.88. The number of hydrogen-bond acceptors (Lipinski definition) is 1. The van der Waals surface area contributed by atoms with Gasteiger partial charge in [-0.1, -0.05) is 77.2 Å². The molecule has 0 aromatic carbocycles. The van der Waals surface area contributed by atoms with Gasteiger partial charge < -0.3 is 10.6 Å². The molecule has 1 aliphatic rings. The molecular weight excluding hydrogens is 272 g/mol. The summed E-state index contributed by atoms with van der Waals surface area (Å²) in [5.74, 6) is 0.474. The fraction of sp³-hybridized carbons (Fsp3) is 0.842. The van der Waals surface area contributed by atoms with Gasteiger partial charge >= 0.3 is 6.03 Å². The van der Waals surface area contributed by atoms with E-state index in [2.05, 4.69) is 31.4 Å². The molecule has 1 aliphatic carbocycles. The van der Waals surface area contributed by atoms with Crippen molar-refractivity contribution in [1.82, 2.24) is 10.6 Å². The van der Waals surface area contributed by atoms with E-state index in [4.69, 9.17) is 0 Å². The van der Waals surface area contributed by atoms with Gasteiger partial charge in [0.1, 0.15) is 0 Å². The van der Waals surface area contributed by atoms with Gasteiger partial charge in [0.25, 0.3) is 0 Å². The van der Waals surface area contributed by atoms with Crippen molar-refractivity contribution in [3.63, 3.8) is 0 Å². The van der Waals surface area contributed by atoms with E-state index in [1.54, 1.807) is 0 Å². The second-order valence-corrected chi connectivity index (χ2v) is 7.12. The molecule has 0 heterocycles. The van der Waals surface area contributed by atoms with E-state index in [0.717, 1.165) is 12.8 Å². The van der Waals surface area contributed by atoms with Crippen LogP contribution in [-0.4, -0.2) is 12.1 Å². The Hall–Kier alpha value is -0.990. The molecule has 1 fully saturated rings. The molecule has 1 rings (SSSR count). The molecular formula is C19H36N2O. The first-order valence-electron chi connectivity index (χ1n) is 9.33. The molecule has 128 valence electrons. The van der Waals surface area contributed by atoms with Crippen LogP contribution in [0, 0.1) is 5.92 Å². The van der Waals surface area contributed by atoms with Crippen LogP contribution in [0.1, 0.15) is 91.4 Å². The molecule has 0 aromatic heterocycles. The van der Waals surface area contributed by atoms with Gasteiger partial charge in [-0.15, -0.1) is 0 Å². The number of nitrogens with one attached hydrogen (secondary N) is 2. The third kappa shape index (κ3) is 9.11. The van der Waals surface area contributed by atoms with Crippen LogP contribution in [0.15, 0.2) is 11.8 Å². The monoisotopic (exact) mass is 308 g/mol. The lowest BCUT2D eigenvalue weighted by Gasteiger charge is -2.19. The summed E-state index contributed by atoms with van der Waals surface area (Å²) in [6.07, 6.45) is 16.1. The van der Waals surface area contributed by atoms with Crippen LogP contribution in [0.3, 0.4) is 0 Å². The predicted molar refractivity (Wildman–Crippen MR) is 94.8 cm³/mol. The summed E-state index contributed by atoms with van der Waals surface area (Å²) >= 11 is 0. The maximum absolute atomic E-state index is 12.0. The Labute approximate surface area is 137 Å². The van der Waals surface area contributed by atoms with Gasteiger partial charge in [0.2, 0.25) is 0 Å². The molecule has 0 saturated heterocycles. The number of urea groups is 1. The van der Waals surface area contributed by atoms with Crippen LogP contribution < -0.4 is 10.6 Å². The van der Waals surface area contributed by atoms with Crippen molar-refractivity contribution in [2.45, 2.75) is 97.4 Å². The minimum atomic E-state index is -0.0444. The summed E-state index contributed by atoms with van der Waals surface area (Å²) in [5.41, 5.74) is 1.20. The van der Waals surface area contributed by atoms with Crippen molar-refractivity contribution in [2.75, 3.05) is 0 Å². The van der Waals surface area contributed by atoms with Gasteiger partial charge in [-0.3, -0.25) is 0 Å². The van der Waals surface area contributed by atoms with Crippen molar-refractivity contribution in [2.24, 2.45) is 5.92 Å². The molecule has 0 radical (unpaired) electrons. The van der Waals surface area contributed by atoms with E-state index in [1.165, 1.54) is 63.4 Å². The van der Waals surface area contributed by atoms with E-state index in [1.807, 2.05) is 6.20 Å². The predicted octanol–water partition coefficient (Wildman–Crippen LogP) is 5.52. The van der Waals surface area contributed by atoms with Crippen molar-refractivity contribution in [3.05, 3.63) is 11.8 Å². The fourth-order valence-corrected chi connectivity index (χ4v) is 2.88. The van der Waals surface area contributed by atoms with Crippen LogP contribution >= 0.6 is 0 Å². The smallest absolute Gasteiger partial charge is 0.318 e. The highest BCUT2D eigenvalue weighted by atomic mass is 16.2. The Kier molecular flexibility index (Phi) is 10.0. The number of allylic oxidation sites excluding steroid dienone is 1. The highest BCUT2D eigenvalue weighted by Crippen LogP contribution is 2.17. The van der Waals surface area contributed by atoms with Crippen molar-refractivity contribution in [1.29, 1.82) is 0 Å². The molecule has 0 spiro atoms. The number of carbonyl (C=O) groups is 1. The minimum Gasteiger partial charge on any atom is -0.335 e. The van der Waals surface area contributed by atoms with Gasteiger partial charge in [0.15, 0.2) is 0 Å². The molecule has 22 heavy (non-hydrogen) atoms. The molecule has 1 saturated carbocycles. The number of rotatable bonds is 3. The van der Waals surface area contributed by atoms with Gasteiger partial charge in [-0.05, 0) is 25.7 Å². The van der Waals surface area contributed by atoms with Crippen LogP contribution in [0.2, 0.25) is 0 Å². The third-order valence-corrected chi connectivity index (χ3v) is 4.78. The molecule has 0 aliphatic heterocycles. The SMILES string of the molecule is C/C(=C\NC(=O)NC1CCCCCCCCCCC1)C(C)C. The van der Waals surface area contributed by atoms with Crippen molar-refractivity contribution < 1.29 is 4.79 Å². The molecule has 0 aromatic rings. The van der Waals surface area contributed by atoms with Crippen molar-refractivity contribution in [3.8, 4) is 0 Å². The Morgan fingerprint density at radius 3 is 1.82 bits per heavy atom. The number of carbonyl (C=O) groups excluding carboxylic acids is 1. The Balaban J connectivity index is 2.37. The van der Waals surface area contributed by atoms with E-state index < -0.39 is 0 Å². The minimum absolute atomic E-state index is 0.0444. The molecule has 3 heteroatoms. The van der Waals surface area contributed by atoms with Crippen LogP contribution in [0.5, 0.6) is 0 Å². The Morgan fingerprint density at radius 2 is 1.36 bits per heavy atom. The number of hydrogen-bond donors (Lipinski definition) is 2. The van der Waals surface area contributed by atoms with Gasteiger partial charge in [-0.2, -0.15) is 0 Å². The lowest BCUT2D eigenvalue weighted by atomic mass is 9.98. The molecule has 0 unspecified atom stereocenters. The zero-order chi connectivity index (χ0) is 16.2. The lowest BCUT2D eigenvalue weighted by Crippen LogP contribution is -2.40. The first-order chi connectivity index (χ1) is 10.6. The van der Waals surface area contributed by atoms with Crippen LogP contribution in [0.25, 0.3) is 0 Å². The molecule has 0 atom stereocenters. The zero-order valence-electron chi connectivity index (χ0n) is 14.9. The van der Waals surface area contributed by atoms with E-state index in [-0.39, 0.29) is 6.03 Å². The molecule has 3 nitrogen and oxygen atoms in total. The maximum atomic E-state index is 12.0. The van der Waals surface area contributed by atoms with Gasteiger partial charge in [0.05, 0.1) is 0 Å². The summed E-state index contributed by atoms with van der Waals surface area (Å²) in [5, 5.41) is 6.06. The Morgan fingerprint density at radius 1 is 0.909 bits per heavy atom.